The fraction of sp³-hybridized carbons (Fsp3) is 0.312. The van der Waals surface area contributed by atoms with Gasteiger partial charge in [-0.2, -0.15) is 0 Å². The lowest BCUT2D eigenvalue weighted by atomic mass is 10.2. The first-order valence-electron chi connectivity index (χ1n) is 7.15. The summed E-state index contributed by atoms with van der Waals surface area (Å²) in [6.07, 6.45) is 0.129. The van der Waals surface area contributed by atoms with Crippen molar-refractivity contribution >= 4 is 23.3 Å². The first-order valence-corrected chi connectivity index (χ1v) is 7.15. The zero-order valence-electron chi connectivity index (χ0n) is 13.3. The topological polar surface area (TPSA) is 84.7 Å². The van der Waals surface area contributed by atoms with Crippen LogP contribution in [0.2, 0.25) is 0 Å². The molecule has 0 saturated carbocycles. The van der Waals surface area contributed by atoms with Gasteiger partial charge in [0.05, 0.1) is 12.8 Å². The van der Waals surface area contributed by atoms with Crippen molar-refractivity contribution in [3.05, 3.63) is 36.1 Å². The van der Waals surface area contributed by atoms with E-state index in [0.29, 0.717) is 23.0 Å². The van der Waals surface area contributed by atoms with E-state index >= 15 is 0 Å². The van der Waals surface area contributed by atoms with E-state index in [-0.39, 0.29) is 24.8 Å². The number of aromatic nitrogens is 1. The highest BCUT2D eigenvalue weighted by Crippen LogP contribution is 2.27. The van der Waals surface area contributed by atoms with Gasteiger partial charge in [0, 0.05) is 26.0 Å². The molecule has 7 nitrogen and oxygen atoms in total. The molecular formula is C16H19N3O4. The van der Waals surface area contributed by atoms with Crippen molar-refractivity contribution in [3.8, 4) is 5.75 Å². The Morgan fingerprint density at radius 2 is 2.09 bits per heavy atom. The van der Waals surface area contributed by atoms with Crippen molar-refractivity contribution in [2.24, 2.45) is 0 Å². The van der Waals surface area contributed by atoms with Gasteiger partial charge in [-0.05, 0) is 19.1 Å². The molecule has 122 valence electrons. The number of hydrogen-bond donors (Lipinski definition) is 1. The van der Waals surface area contributed by atoms with Gasteiger partial charge in [-0.15, -0.1) is 0 Å². The number of amides is 2. The number of anilines is 2. The van der Waals surface area contributed by atoms with E-state index in [0.717, 1.165) is 0 Å². The summed E-state index contributed by atoms with van der Waals surface area (Å²) in [5.74, 6) is 1.13. The number of methoxy groups -OCH3 is 1. The summed E-state index contributed by atoms with van der Waals surface area (Å²) in [6.45, 7) is 3.42. The molecule has 0 aliphatic rings. The van der Waals surface area contributed by atoms with Crippen molar-refractivity contribution in [2.75, 3.05) is 23.9 Å². The summed E-state index contributed by atoms with van der Waals surface area (Å²) in [5, 5.41) is 6.32. The Kier molecular flexibility index (Phi) is 5.35. The molecule has 0 saturated heterocycles. The molecule has 0 unspecified atom stereocenters. The van der Waals surface area contributed by atoms with Gasteiger partial charge in [0.1, 0.15) is 11.5 Å². The number of rotatable bonds is 6. The number of aryl methyl sites for hydroxylation is 1. The van der Waals surface area contributed by atoms with Gasteiger partial charge in [-0.25, -0.2) is 0 Å². The van der Waals surface area contributed by atoms with Crippen molar-refractivity contribution in [1.82, 2.24) is 5.16 Å². The lowest BCUT2D eigenvalue weighted by Crippen LogP contribution is -2.32. The van der Waals surface area contributed by atoms with E-state index in [4.69, 9.17) is 9.26 Å². The van der Waals surface area contributed by atoms with Crippen LogP contribution in [0.1, 0.15) is 19.1 Å². The van der Waals surface area contributed by atoms with Crippen LogP contribution in [0, 0.1) is 6.92 Å². The van der Waals surface area contributed by atoms with Crippen molar-refractivity contribution in [3.63, 3.8) is 0 Å². The fourth-order valence-electron chi connectivity index (χ4n) is 2.14. The number of benzene rings is 1. The summed E-state index contributed by atoms with van der Waals surface area (Å²) in [4.78, 5) is 25.4. The van der Waals surface area contributed by atoms with Gasteiger partial charge in [-0.1, -0.05) is 17.3 Å². The molecule has 1 aromatic heterocycles. The van der Waals surface area contributed by atoms with E-state index in [1.165, 1.54) is 18.9 Å². The summed E-state index contributed by atoms with van der Waals surface area (Å²) in [7, 11) is 1.54. The number of carbonyl (C=O) groups excluding carboxylic acids is 2. The Hall–Kier alpha value is -2.83. The van der Waals surface area contributed by atoms with Crippen LogP contribution in [0.4, 0.5) is 11.5 Å². The molecule has 1 aromatic carbocycles. The molecule has 1 heterocycles. The molecule has 2 amide bonds. The minimum atomic E-state index is -0.251. The van der Waals surface area contributed by atoms with Crippen LogP contribution in [-0.2, 0) is 9.59 Å². The first kappa shape index (κ1) is 16.5. The third-order valence-electron chi connectivity index (χ3n) is 3.21. The Morgan fingerprint density at radius 1 is 1.35 bits per heavy atom. The predicted molar refractivity (Wildman–Crippen MR) is 85.5 cm³/mol. The Bertz CT molecular complexity index is 696. The predicted octanol–water partition coefficient (Wildman–Crippen LogP) is 2.37. The Morgan fingerprint density at radius 3 is 2.70 bits per heavy atom. The van der Waals surface area contributed by atoms with Gasteiger partial charge < -0.3 is 19.5 Å². The second-order valence-electron chi connectivity index (χ2n) is 4.96. The molecule has 0 aliphatic carbocycles. The molecule has 0 bridgehead atoms. The maximum absolute atomic E-state index is 12.0. The maximum Gasteiger partial charge on any atom is 0.227 e. The normalized spacial score (nSPS) is 10.2. The quantitative estimate of drug-likeness (QED) is 0.884. The molecule has 0 aliphatic heterocycles. The highest BCUT2D eigenvalue weighted by molar-refractivity contribution is 5.95. The third kappa shape index (κ3) is 4.32. The molecule has 2 rings (SSSR count). The highest BCUT2D eigenvalue weighted by atomic mass is 16.5. The Balaban J connectivity index is 2.02. The molecule has 0 atom stereocenters. The molecule has 2 aromatic rings. The van der Waals surface area contributed by atoms with Crippen LogP contribution in [-0.4, -0.2) is 30.6 Å². The molecule has 7 heteroatoms. The number of carbonyl (C=O) groups is 2. The van der Waals surface area contributed by atoms with E-state index < -0.39 is 0 Å². The summed E-state index contributed by atoms with van der Waals surface area (Å²) in [6, 6.07) is 8.80. The molecule has 0 radical (unpaired) electrons. The summed E-state index contributed by atoms with van der Waals surface area (Å²) >= 11 is 0. The average Bonchev–Trinajstić information content (AvgIpc) is 2.92. The first-order chi connectivity index (χ1) is 11.0. The molecule has 1 N–H and O–H groups in total. The third-order valence-corrected chi connectivity index (χ3v) is 3.21. The fourth-order valence-corrected chi connectivity index (χ4v) is 2.14. The Labute approximate surface area is 134 Å². The minimum absolute atomic E-state index is 0.129. The van der Waals surface area contributed by atoms with Crippen molar-refractivity contribution in [2.45, 2.75) is 20.3 Å². The number of hydrogen-bond acceptors (Lipinski definition) is 5. The van der Waals surface area contributed by atoms with Gasteiger partial charge in [0.25, 0.3) is 0 Å². The number of ether oxygens (including phenoxy) is 1. The van der Waals surface area contributed by atoms with E-state index in [9.17, 15) is 9.59 Å². The second kappa shape index (κ2) is 7.44. The van der Waals surface area contributed by atoms with Crippen LogP contribution in [0.5, 0.6) is 5.75 Å². The van der Waals surface area contributed by atoms with Crippen LogP contribution >= 0.6 is 0 Å². The largest absolute Gasteiger partial charge is 0.495 e. The van der Waals surface area contributed by atoms with Crippen molar-refractivity contribution < 1.29 is 18.8 Å². The van der Waals surface area contributed by atoms with Crippen LogP contribution < -0.4 is 15.0 Å². The maximum atomic E-state index is 12.0. The van der Waals surface area contributed by atoms with Gasteiger partial charge in [0.15, 0.2) is 5.82 Å². The lowest BCUT2D eigenvalue weighted by Gasteiger charge is -2.22. The van der Waals surface area contributed by atoms with Crippen LogP contribution in [0.3, 0.4) is 0 Å². The van der Waals surface area contributed by atoms with Crippen LogP contribution in [0.25, 0.3) is 0 Å². The number of para-hydroxylation sites is 2. The molecule has 23 heavy (non-hydrogen) atoms. The van der Waals surface area contributed by atoms with E-state index in [1.807, 2.05) is 12.1 Å². The smallest absolute Gasteiger partial charge is 0.227 e. The van der Waals surface area contributed by atoms with Gasteiger partial charge in [-0.3, -0.25) is 9.59 Å². The highest BCUT2D eigenvalue weighted by Gasteiger charge is 2.17. The molecule has 0 fully saturated rings. The zero-order valence-corrected chi connectivity index (χ0v) is 13.3. The van der Waals surface area contributed by atoms with Crippen molar-refractivity contribution in [1.29, 1.82) is 0 Å². The monoisotopic (exact) mass is 317 g/mol. The number of nitrogens with zero attached hydrogens (tertiary/aromatic N) is 2. The summed E-state index contributed by atoms with van der Waals surface area (Å²) < 4.78 is 10.1. The standard InChI is InChI=1S/C16H19N3O4/c1-11-10-15(18-23-11)17-16(21)8-9-19(12(2)20)13-6-4-5-7-14(13)22-3/h4-7,10H,8-9H2,1-3H3,(H,17,18,21). The summed E-state index contributed by atoms with van der Waals surface area (Å²) in [5.41, 5.74) is 0.632. The van der Waals surface area contributed by atoms with Gasteiger partial charge >= 0.3 is 0 Å². The van der Waals surface area contributed by atoms with E-state index in [2.05, 4.69) is 10.5 Å². The van der Waals surface area contributed by atoms with Gasteiger partial charge in [0.2, 0.25) is 11.8 Å². The SMILES string of the molecule is COc1ccccc1N(CCC(=O)Nc1cc(C)on1)C(C)=O. The second-order valence-corrected chi connectivity index (χ2v) is 4.96. The number of nitrogens with one attached hydrogen (secondary N) is 1. The molecule has 0 spiro atoms. The lowest BCUT2D eigenvalue weighted by molar-refractivity contribution is -0.117. The van der Waals surface area contributed by atoms with Crippen LogP contribution in [0.15, 0.2) is 34.9 Å². The van der Waals surface area contributed by atoms with E-state index in [1.54, 1.807) is 25.1 Å². The molecular weight excluding hydrogens is 298 g/mol. The zero-order chi connectivity index (χ0) is 16.8. The minimum Gasteiger partial charge on any atom is -0.495 e. The average molecular weight is 317 g/mol.